The lowest BCUT2D eigenvalue weighted by Crippen LogP contribution is -2.38. The molecule has 0 bridgehead atoms. The number of thiazole rings is 1. The van der Waals surface area contributed by atoms with Crippen molar-refractivity contribution in [3.8, 4) is 0 Å². The molecule has 24 heavy (non-hydrogen) atoms. The highest BCUT2D eigenvalue weighted by molar-refractivity contribution is 7.11. The van der Waals surface area contributed by atoms with Crippen molar-refractivity contribution in [2.24, 2.45) is 13.0 Å². The van der Waals surface area contributed by atoms with Crippen molar-refractivity contribution in [1.29, 1.82) is 0 Å². The van der Waals surface area contributed by atoms with Crippen molar-refractivity contribution in [3.05, 3.63) is 31.9 Å². The zero-order valence-electron chi connectivity index (χ0n) is 13.7. The fourth-order valence-electron chi connectivity index (χ4n) is 3.54. The van der Waals surface area contributed by atoms with Gasteiger partial charge in [-0.05, 0) is 32.1 Å². The van der Waals surface area contributed by atoms with Crippen LogP contribution in [0.1, 0.15) is 40.7 Å². The zero-order valence-corrected chi connectivity index (χ0v) is 14.6. The standard InChI is InChI=1S/C16H21N5O2S/c1-20-16(23)21-9-10(6-7-13(21)19-20)15(22)17-8-14-18-11-4-2-3-5-12(11)24-14/h10H,2-9H2,1H3,(H,17,22). The van der Waals surface area contributed by atoms with E-state index < -0.39 is 0 Å². The van der Waals surface area contributed by atoms with Gasteiger partial charge in [-0.1, -0.05) is 0 Å². The average molecular weight is 347 g/mol. The van der Waals surface area contributed by atoms with E-state index in [1.165, 1.54) is 28.1 Å². The number of rotatable bonds is 3. The summed E-state index contributed by atoms with van der Waals surface area (Å²) in [5.74, 6) is 0.609. The second-order valence-electron chi connectivity index (χ2n) is 6.57. The van der Waals surface area contributed by atoms with E-state index in [1.807, 2.05) is 0 Å². The van der Waals surface area contributed by atoms with Crippen molar-refractivity contribution in [2.75, 3.05) is 0 Å². The Morgan fingerprint density at radius 1 is 1.33 bits per heavy atom. The van der Waals surface area contributed by atoms with Crippen LogP contribution in [-0.2, 0) is 44.2 Å². The van der Waals surface area contributed by atoms with Gasteiger partial charge in [0.1, 0.15) is 10.8 Å². The Balaban J connectivity index is 1.39. The largest absolute Gasteiger partial charge is 0.349 e. The molecule has 3 heterocycles. The van der Waals surface area contributed by atoms with Gasteiger partial charge in [0, 0.05) is 24.9 Å². The predicted molar refractivity (Wildman–Crippen MR) is 89.9 cm³/mol. The van der Waals surface area contributed by atoms with Gasteiger partial charge in [0.2, 0.25) is 5.91 Å². The minimum atomic E-state index is -0.172. The van der Waals surface area contributed by atoms with Crippen LogP contribution in [0.5, 0.6) is 0 Å². The first kappa shape index (κ1) is 15.6. The number of aromatic nitrogens is 4. The molecule has 1 amide bonds. The summed E-state index contributed by atoms with van der Waals surface area (Å²) in [6.45, 7) is 0.907. The summed E-state index contributed by atoms with van der Waals surface area (Å²) in [5.41, 5.74) is 1.08. The van der Waals surface area contributed by atoms with Crippen LogP contribution in [0.25, 0.3) is 0 Å². The number of carbonyl (C=O) groups is 1. The zero-order chi connectivity index (χ0) is 16.7. The fraction of sp³-hybridized carbons (Fsp3) is 0.625. The van der Waals surface area contributed by atoms with E-state index in [0.717, 1.165) is 30.1 Å². The Morgan fingerprint density at radius 2 is 2.17 bits per heavy atom. The second-order valence-corrected chi connectivity index (χ2v) is 7.74. The van der Waals surface area contributed by atoms with Crippen LogP contribution >= 0.6 is 11.3 Å². The van der Waals surface area contributed by atoms with Crippen molar-refractivity contribution in [2.45, 2.75) is 51.6 Å². The molecule has 1 atom stereocenters. The van der Waals surface area contributed by atoms with Gasteiger partial charge in [0.25, 0.3) is 0 Å². The lowest BCUT2D eigenvalue weighted by atomic mass is 9.98. The normalized spacial score (nSPS) is 19.6. The molecule has 7 nitrogen and oxygen atoms in total. The van der Waals surface area contributed by atoms with E-state index in [9.17, 15) is 9.59 Å². The second kappa shape index (κ2) is 6.16. The topological polar surface area (TPSA) is 81.8 Å². The molecule has 1 N–H and O–H groups in total. The highest BCUT2D eigenvalue weighted by Crippen LogP contribution is 2.26. The molecule has 0 saturated carbocycles. The maximum atomic E-state index is 12.5. The molecule has 0 radical (unpaired) electrons. The monoisotopic (exact) mass is 347 g/mol. The van der Waals surface area contributed by atoms with Crippen LogP contribution in [-0.4, -0.2) is 25.2 Å². The van der Waals surface area contributed by atoms with Gasteiger partial charge >= 0.3 is 5.69 Å². The minimum Gasteiger partial charge on any atom is -0.349 e. The third-order valence-electron chi connectivity index (χ3n) is 4.88. The lowest BCUT2D eigenvalue weighted by molar-refractivity contribution is -0.126. The molecule has 128 valence electrons. The smallest absolute Gasteiger partial charge is 0.345 e. The van der Waals surface area contributed by atoms with Gasteiger partial charge in [0.15, 0.2) is 0 Å². The Kier molecular flexibility index (Phi) is 3.99. The highest BCUT2D eigenvalue weighted by atomic mass is 32.1. The number of hydrogen-bond donors (Lipinski definition) is 1. The van der Waals surface area contributed by atoms with Gasteiger partial charge < -0.3 is 5.32 Å². The van der Waals surface area contributed by atoms with E-state index in [4.69, 9.17) is 0 Å². The Morgan fingerprint density at radius 3 is 3.00 bits per heavy atom. The molecule has 0 aromatic carbocycles. The average Bonchev–Trinajstić information content (AvgIpc) is 3.13. The van der Waals surface area contributed by atoms with Gasteiger partial charge in [-0.3, -0.25) is 9.36 Å². The summed E-state index contributed by atoms with van der Waals surface area (Å²) in [7, 11) is 1.65. The number of amides is 1. The van der Waals surface area contributed by atoms with Crippen LogP contribution in [0.15, 0.2) is 4.79 Å². The van der Waals surface area contributed by atoms with Crippen molar-refractivity contribution in [1.82, 2.24) is 24.6 Å². The summed E-state index contributed by atoms with van der Waals surface area (Å²) < 4.78 is 2.96. The molecule has 0 fully saturated rings. The molecule has 1 aliphatic carbocycles. The number of hydrogen-bond acceptors (Lipinski definition) is 5. The predicted octanol–water partition coefficient (Wildman–Crippen LogP) is 0.796. The molecule has 2 aromatic rings. The number of carbonyl (C=O) groups excluding carboxylic acids is 1. The third kappa shape index (κ3) is 2.79. The Bertz CT molecular complexity index is 811. The first-order valence-corrected chi connectivity index (χ1v) is 9.31. The first-order chi connectivity index (χ1) is 11.6. The summed E-state index contributed by atoms with van der Waals surface area (Å²) >= 11 is 1.72. The van der Waals surface area contributed by atoms with Crippen LogP contribution in [0.4, 0.5) is 0 Å². The fourth-order valence-corrected chi connectivity index (χ4v) is 4.64. The number of nitrogens with one attached hydrogen (secondary N) is 1. The molecular weight excluding hydrogens is 326 g/mol. The molecule has 2 aromatic heterocycles. The van der Waals surface area contributed by atoms with Gasteiger partial charge in [0.05, 0.1) is 18.2 Å². The van der Waals surface area contributed by atoms with E-state index in [1.54, 1.807) is 23.0 Å². The van der Waals surface area contributed by atoms with Gasteiger partial charge in [-0.2, -0.15) is 5.10 Å². The van der Waals surface area contributed by atoms with Crippen LogP contribution in [0.3, 0.4) is 0 Å². The molecule has 4 rings (SSSR count). The van der Waals surface area contributed by atoms with Crippen LogP contribution in [0.2, 0.25) is 0 Å². The van der Waals surface area contributed by atoms with Crippen molar-refractivity contribution in [3.63, 3.8) is 0 Å². The SMILES string of the molecule is Cn1nc2n(c1=O)CC(C(=O)NCc1nc3c(s1)CCCC3)CC2. The summed E-state index contributed by atoms with van der Waals surface area (Å²) in [6.07, 6.45) is 6.04. The molecular formula is C16H21N5O2S. The van der Waals surface area contributed by atoms with Gasteiger partial charge in [-0.15, -0.1) is 11.3 Å². The van der Waals surface area contributed by atoms with Crippen molar-refractivity contribution >= 4 is 17.2 Å². The molecule has 1 aliphatic heterocycles. The first-order valence-electron chi connectivity index (χ1n) is 8.49. The van der Waals surface area contributed by atoms with E-state index in [0.29, 0.717) is 19.5 Å². The molecule has 1 unspecified atom stereocenters. The highest BCUT2D eigenvalue weighted by Gasteiger charge is 2.27. The van der Waals surface area contributed by atoms with Gasteiger partial charge in [-0.25, -0.2) is 14.5 Å². The van der Waals surface area contributed by atoms with E-state index in [-0.39, 0.29) is 17.5 Å². The molecule has 0 spiro atoms. The van der Waals surface area contributed by atoms with E-state index in [2.05, 4.69) is 15.4 Å². The van der Waals surface area contributed by atoms with Crippen molar-refractivity contribution < 1.29 is 4.79 Å². The van der Waals surface area contributed by atoms with E-state index >= 15 is 0 Å². The quantitative estimate of drug-likeness (QED) is 0.890. The Labute approximate surface area is 143 Å². The maximum absolute atomic E-state index is 12.5. The third-order valence-corrected chi connectivity index (χ3v) is 6.04. The van der Waals surface area contributed by atoms with Crippen LogP contribution in [0, 0.1) is 5.92 Å². The number of nitrogens with zero attached hydrogens (tertiary/aromatic N) is 4. The Hall–Kier alpha value is -1.96. The summed E-state index contributed by atoms with van der Waals surface area (Å²) in [6, 6.07) is 0. The lowest BCUT2D eigenvalue weighted by Gasteiger charge is -2.21. The maximum Gasteiger partial charge on any atom is 0.345 e. The molecule has 2 aliphatic rings. The van der Waals surface area contributed by atoms with Crippen LogP contribution < -0.4 is 11.0 Å². The minimum absolute atomic E-state index is 0.00424. The molecule has 8 heteroatoms. The summed E-state index contributed by atoms with van der Waals surface area (Å²) in [4.78, 5) is 30.5. The summed E-state index contributed by atoms with van der Waals surface area (Å²) in [5, 5.41) is 8.19. The number of fused-ring (bicyclic) bond motifs is 2. The molecule has 0 saturated heterocycles. The number of aryl methyl sites for hydroxylation is 4.